The molecule has 0 amide bonds. The highest BCUT2D eigenvalue weighted by Gasteiger charge is 2.22. The molecule has 3 nitrogen and oxygen atoms in total. The Balaban J connectivity index is 2.02. The second-order valence-corrected chi connectivity index (χ2v) is 5.11. The first-order valence-corrected chi connectivity index (χ1v) is 6.48. The summed E-state index contributed by atoms with van der Waals surface area (Å²) in [6, 6.07) is 8.44. The molecule has 0 unspecified atom stereocenters. The molecule has 1 N–H and O–H groups in total. The fourth-order valence-electron chi connectivity index (χ4n) is 2.60. The number of ether oxygens (including phenoxy) is 1. The summed E-state index contributed by atoms with van der Waals surface area (Å²) in [5, 5.41) is 10.0. The molecule has 2 heterocycles. The number of fused-ring (bicyclic) bond motifs is 1. The van der Waals surface area contributed by atoms with Crippen LogP contribution in [0, 0.1) is 13.8 Å². The predicted molar refractivity (Wildman–Crippen MR) is 73.1 cm³/mol. The molecule has 0 radical (unpaired) electrons. The number of aromatic hydroxyl groups is 1. The number of hydrogen-bond acceptors (Lipinski definition) is 3. The van der Waals surface area contributed by atoms with Gasteiger partial charge in [-0.25, -0.2) is 0 Å². The lowest BCUT2D eigenvalue weighted by Crippen LogP contribution is -2.02. The monoisotopic (exact) mass is 255 g/mol. The zero-order valence-electron chi connectivity index (χ0n) is 11.2. The lowest BCUT2D eigenvalue weighted by molar-refractivity contribution is 0.133. The van der Waals surface area contributed by atoms with Gasteiger partial charge in [-0.3, -0.25) is 4.98 Å². The molecular weight excluding hydrogens is 238 g/mol. The number of nitrogens with zero attached hydrogens (tertiary/aromatic N) is 1. The molecule has 1 aromatic carbocycles. The molecule has 0 aliphatic carbocycles. The van der Waals surface area contributed by atoms with Gasteiger partial charge in [-0.1, -0.05) is 29.8 Å². The Morgan fingerprint density at radius 1 is 1.21 bits per heavy atom. The van der Waals surface area contributed by atoms with Crippen LogP contribution < -0.4 is 0 Å². The van der Waals surface area contributed by atoms with Crippen molar-refractivity contribution in [3.8, 4) is 5.75 Å². The first-order valence-electron chi connectivity index (χ1n) is 6.48. The normalized spacial score (nSPS) is 13.6. The van der Waals surface area contributed by atoms with E-state index in [9.17, 15) is 5.11 Å². The van der Waals surface area contributed by atoms with E-state index in [-0.39, 0.29) is 0 Å². The predicted octanol–water partition coefficient (Wildman–Crippen LogP) is 3.03. The summed E-state index contributed by atoms with van der Waals surface area (Å²) in [4.78, 5) is 4.54. The van der Waals surface area contributed by atoms with Crippen molar-refractivity contribution in [2.45, 2.75) is 33.5 Å². The number of aromatic nitrogens is 1. The Morgan fingerprint density at radius 2 is 2.00 bits per heavy atom. The zero-order chi connectivity index (χ0) is 13.4. The first kappa shape index (κ1) is 12.2. The van der Waals surface area contributed by atoms with Gasteiger partial charge in [0.2, 0.25) is 0 Å². The van der Waals surface area contributed by atoms with E-state index in [0.29, 0.717) is 24.7 Å². The second kappa shape index (κ2) is 4.67. The quantitative estimate of drug-likeness (QED) is 0.897. The third-order valence-corrected chi connectivity index (χ3v) is 3.59. The standard InChI is InChI=1S/C16H17NO2/c1-10-4-3-5-12(6-10)7-15-13-8-19-9-14(13)16(18)11(2)17-15/h3-6,18H,7-9H2,1-2H3. The van der Waals surface area contributed by atoms with Gasteiger partial charge in [-0.05, 0) is 19.4 Å². The minimum Gasteiger partial charge on any atom is -0.506 e. The Labute approximate surface area is 112 Å². The van der Waals surface area contributed by atoms with Gasteiger partial charge in [0.1, 0.15) is 5.75 Å². The highest BCUT2D eigenvalue weighted by atomic mass is 16.5. The molecule has 0 fully saturated rings. The Bertz CT molecular complexity index is 635. The van der Waals surface area contributed by atoms with Crippen LogP contribution in [0.15, 0.2) is 24.3 Å². The smallest absolute Gasteiger partial charge is 0.142 e. The second-order valence-electron chi connectivity index (χ2n) is 5.11. The van der Waals surface area contributed by atoms with Crippen LogP contribution in [0.4, 0.5) is 0 Å². The van der Waals surface area contributed by atoms with E-state index >= 15 is 0 Å². The lowest BCUT2D eigenvalue weighted by atomic mass is 10.0. The summed E-state index contributed by atoms with van der Waals surface area (Å²) in [7, 11) is 0. The van der Waals surface area contributed by atoms with E-state index in [1.165, 1.54) is 11.1 Å². The number of aryl methyl sites for hydroxylation is 2. The SMILES string of the molecule is Cc1cccc(Cc2nc(C)c(O)c3c2COC3)c1. The zero-order valence-corrected chi connectivity index (χ0v) is 11.2. The summed E-state index contributed by atoms with van der Waals surface area (Å²) >= 11 is 0. The largest absolute Gasteiger partial charge is 0.506 e. The molecule has 19 heavy (non-hydrogen) atoms. The van der Waals surface area contributed by atoms with E-state index < -0.39 is 0 Å². The lowest BCUT2D eigenvalue weighted by Gasteiger charge is -2.11. The molecule has 1 aliphatic rings. The van der Waals surface area contributed by atoms with Crippen LogP contribution in [0.2, 0.25) is 0 Å². The molecule has 0 bridgehead atoms. The molecule has 0 spiro atoms. The number of pyridine rings is 1. The van der Waals surface area contributed by atoms with Crippen LogP contribution in [-0.2, 0) is 24.4 Å². The number of benzene rings is 1. The highest BCUT2D eigenvalue weighted by molar-refractivity contribution is 5.46. The van der Waals surface area contributed by atoms with E-state index in [1.54, 1.807) is 0 Å². The van der Waals surface area contributed by atoms with E-state index in [2.05, 4.69) is 36.2 Å². The average molecular weight is 255 g/mol. The van der Waals surface area contributed by atoms with Gasteiger partial charge >= 0.3 is 0 Å². The minimum atomic E-state index is 0.292. The molecule has 1 aliphatic heterocycles. The molecule has 3 rings (SSSR count). The Morgan fingerprint density at radius 3 is 2.79 bits per heavy atom. The van der Waals surface area contributed by atoms with Crippen LogP contribution in [0.3, 0.4) is 0 Å². The molecule has 0 saturated carbocycles. The van der Waals surface area contributed by atoms with Crippen molar-refractivity contribution < 1.29 is 9.84 Å². The van der Waals surface area contributed by atoms with E-state index in [4.69, 9.17) is 4.74 Å². The fraction of sp³-hybridized carbons (Fsp3) is 0.312. The van der Waals surface area contributed by atoms with Gasteiger partial charge < -0.3 is 9.84 Å². The molecule has 0 saturated heterocycles. The van der Waals surface area contributed by atoms with Gasteiger partial charge in [0, 0.05) is 17.5 Å². The maximum absolute atomic E-state index is 10.0. The third kappa shape index (κ3) is 2.22. The average Bonchev–Trinajstić information content (AvgIpc) is 2.85. The van der Waals surface area contributed by atoms with Gasteiger partial charge in [0.15, 0.2) is 0 Å². The van der Waals surface area contributed by atoms with Crippen molar-refractivity contribution in [1.82, 2.24) is 4.98 Å². The molecule has 98 valence electrons. The van der Waals surface area contributed by atoms with Gasteiger partial charge in [-0.15, -0.1) is 0 Å². The molecule has 2 aromatic rings. The van der Waals surface area contributed by atoms with Crippen LogP contribution in [-0.4, -0.2) is 10.1 Å². The topological polar surface area (TPSA) is 42.4 Å². The van der Waals surface area contributed by atoms with Gasteiger partial charge in [0.25, 0.3) is 0 Å². The van der Waals surface area contributed by atoms with Gasteiger partial charge in [-0.2, -0.15) is 0 Å². The van der Waals surface area contributed by atoms with Gasteiger partial charge in [0.05, 0.1) is 24.6 Å². The van der Waals surface area contributed by atoms with Crippen molar-refractivity contribution in [3.63, 3.8) is 0 Å². The summed E-state index contributed by atoms with van der Waals surface area (Å²) in [6.07, 6.45) is 0.786. The van der Waals surface area contributed by atoms with Crippen LogP contribution in [0.25, 0.3) is 0 Å². The van der Waals surface area contributed by atoms with Crippen molar-refractivity contribution in [2.24, 2.45) is 0 Å². The van der Waals surface area contributed by atoms with Crippen molar-refractivity contribution in [3.05, 3.63) is 57.9 Å². The summed E-state index contributed by atoms with van der Waals surface area (Å²) in [6.45, 7) is 4.98. The highest BCUT2D eigenvalue weighted by Crippen LogP contribution is 2.33. The minimum absolute atomic E-state index is 0.292. The molecule has 1 aromatic heterocycles. The molecule has 0 atom stereocenters. The van der Waals surface area contributed by atoms with Crippen LogP contribution in [0.1, 0.15) is 33.6 Å². The number of hydrogen-bond donors (Lipinski definition) is 1. The van der Waals surface area contributed by atoms with Crippen LogP contribution >= 0.6 is 0 Å². The Kier molecular flexibility index (Phi) is 2.99. The summed E-state index contributed by atoms with van der Waals surface area (Å²) in [5.41, 5.74) is 6.17. The van der Waals surface area contributed by atoms with Crippen molar-refractivity contribution in [2.75, 3.05) is 0 Å². The molecule has 3 heteroatoms. The first-order chi connectivity index (χ1) is 9.15. The Hall–Kier alpha value is -1.87. The third-order valence-electron chi connectivity index (χ3n) is 3.59. The maximum Gasteiger partial charge on any atom is 0.142 e. The summed E-state index contributed by atoms with van der Waals surface area (Å²) in [5.74, 6) is 0.292. The van der Waals surface area contributed by atoms with Crippen LogP contribution in [0.5, 0.6) is 5.75 Å². The number of rotatable bonds is 2. The van der Waals surface area contributed by atoms with E-state index in [0.717, 1.165) is 23.2 Å². The fourth-order valence-corrected chi connectivity index (χ4v) is 2.60. The van der Waals surface area contributed by atoms with Crippen molar-refractivity contribution >= 4 is 0 Å². The molecular formula is C16H17NO2. The van der Waals surface area contributed by atoms with Crippen molar-refractivity contribution in [1.29, 1.82) is 0 Å². The maximum atomic E-state index is 10.0. The van der Waals surface area contributed by atoms with E-state index in [1.807, 2.05) is 6.92 Å². The summed E-state index contributed by atoms with van der Waals surface area (Å²) < 4.78 is 5.45.